The van der Waals surface area contributed by atoms with Crippen molar-refractivity contribution in [1.82, 2.24) is 4.40 Å². The molecule has 6 aromatic rings. The summed E-state index contributed by atoms with van der Waals surface area (Å²) in [5.41, 5.74) is 7.64. The largest absolute Gasteiger partial charge is 0.307 e. The molecule has 3 heterocycles. The molecule has 3 aromatic carbocycles. The Morgan fingerprint density at radius 2 is 0.651 bits per heavy atom. The van der Waals surface area contributed by atoms with Crippen molar-refractivity contribution >= 4 is 85.5 Å². The van der Waals surface area contributed by atoms with Crippen LogP contribution in [0.1, 0.15) is 115 Å². The van der Waals surface area contributed by atoms with E-state index in [1.165, 1.54) is 143 Å². The summed E-state index contributed by atoms with van der Waals surface area (Å²) in [7, 11) is 0. The third-order valence-corrected chi connectivity index (χ3v) is 10.9. The highest BCUT2D eigenvalue weighted by Gasteiger charge is 2.22. The molecule has 0 spiro atoms. The zero-order chi connectivity index (χ0) is 30.1. The molecule has 0 aliphatic heterocycles. The van der Waals surface area contributed by atoms with Crippen LogP contribution >= 0.6 is 36.7 Å². The van der Waals surface area contributed by atoms with Gasteiger partial charge < -0.3 is 4.40 Å². The fraction of sp³-hybridized carbons (Fsp3) is 0.462. The first-order valence-corrected chi connectivity index (χ1v) is 18.2. The summed E-state index contributed by atoms with van der Waals surface area (Å²) in [5, 5.41) is 7.06. The lowest BCUT2D eigenvalue weighted by atomic mass is 9.93. The van der Waals surface area contributed by atoms with Crippen LogP contribution < -0.4 is 0 Å². The molecule has 224 valence electrons. The van der Waals surface area contributed by atoms with Gasteiger partial charge in [-0.25, -0.2) is 0 Å². The van der Waals surface area contributed by atoms with Crippen molar-refractivity contribution in [2.45, 2.75) is 117 Å². The molecular weight excluding hydrogens is 579 g/mol. The van der Waals surface area contributed by atoms with E-state index in [1.807, 2.05) is 0 Å². The number of hydrogen-bond acceptors (Lipinski definition) is 3. The minimum Gasteiger partial charge on any atom is -0.307 e. The second kappa shape index (κ2) is 13.4. The smallest absolute Gasteiger partial charge is 0.0637 e. The average molecular weight is 624 g/mol. The zero-order valence-electron chi connectivity index (χ0n) is 26.2. The van der Waals surface area contributed by atoms with E-state index in [0.717, 1.165) is 32.8 Å². The number of nitrogens with zero attached hydrogens (tertiary/aromatic N) is 1. The van der Waals surface area contributed by atoms with Gasteiger partial charge >= 0.3 is 0 Å². The van der Waals surface area contributed by atoms with Crippen molar-refractivity contribution in [3.63, 3.8) is 0 Å². The summed E-state index contributed by atoms with van der Waals surface area (Å²) in [6, 6.07) is 14.3. The lowest BCUT2D eigenvalue weighted by Gasteiger charge is -2.22. The number of aromatic nitrogens is 1. The summed E-state index contributed by atoms with van der Waals surface area (Å²) >= 11 is 19.1. The summed E-state index contributed by atoms with van der Waals surface area (Å²) < 4.78 is 5.38. The number of aryl methyl sites for hydroxylation is 3. The van der Waals surface area contributed by atoms with Crippen LogP contribution in [0.3, 0.4) is 0 Å². The van der Waals surface area contributed by atoms with Crippen LogP contribution in [-0.2, 0) is 19.3 Å². The van der Waals surface area contributed by atoms with Gasteiger partial charge in [-0.15, -0.1) is 0 Å². The van der Waals surface area contributed by atoms with E-state index in [2.05, 4.69) is 61.6 Å². The Morgan fingerprint density at radius 3 is 0.884 bits per heavy atom. The maximum Gasteiger partial charge on any atom is 0.0637 e. The predicted molar refractivity (Wildman–Crippen MR) is 197 cm³/mol. The maximum atomic E-state index is 6.36. The average Bonchev–Trinajstić information content (AvgIpc) is 3.02. The summed E-state index contributed by atoms with van der Waals surface area (Å²) in [5.74, 6) is 0. The first kappa shape index (κ1) is 30.7. The maximum absolute atomic E-state index is 6.36. The molecule has 43 heavy (non-hydrogen) atoms. The molecule has 0 radical (unpaired) electrons. The number of unbranched alkanes of at least 4 members (excludes halogenated alkanes) is 9. The second-order valence-corrected chi connectivity index (χ2v) is 14.1. The van der Waals surface area contributed by atoms with Crippen molar-refractivity contribution < 1.29 is 0 Å². The van der Waals surface area contributed by atoms with Gasteiger partial charge in [-0.1, -0.05) is 115 Å². The van der Waals surface area contributed by atoms with Gasteiger partial charge in [0.05, 0.1) is 30.1 Å². The highest BCUT2D eigenvalue weighted by Crippen LogP contribution is 2.42. The van der Waals surface area contributed by atoms with E-state index >= 15 is 0 Å². The van der Waals surface area contributed by atoms with Gasteiger partial charge in [0, 0.05) is 32.3 Å². The van der Waals surface area contributed by atoms with Gasteiger partial charge in [0.15, 0.2) is 0 Å². The highest BCUT2D eigenvalue weighted by atomic mass is 32.1. The molecular formula is C39H45NS3. The minimum atomic E-state index is 0.958. The van der Waals surface area contributed by atoms with Gasteiger partial charge in [0.1, 0.15) is 0 Å². The van der Waals surface area contributed by atoms with E-state index in [1.54, 1.807) is 0 Å². The molecule has 0 bridgehead atoms. The van der Waals surface area contributed by atoms with E-state index in [0.29, 0.717) is 0 Å². The number of benzene rings is 3. The van der Waals surface area contributed by atoms with Crippen molar-refractivity contribution in [3.8, 4) is 0 Å². The van der Waals surface area contributed by atoms with Crippen molar-refractivity contribution in [3.05, 3.63) is 66.6 Å². The Hall–Kier alpha value is -2.27. The van der Waals surface area contributed by atoms with Crippen LogP contribution in [0.25, 0.3) is 48.9 Å². The van der Waals surface area contributed by atoms with E-state index in [9.17, 15) is 0 Å². The SMILES string of the molecule is CCCCCCc1cc2c(=S)c3cc(CCCCCC)cc4c(=S)c5cc(CCCCCC)cc6c(=S)c(c1)c2n(c34)c65. The van der Waals surface area contributed by atoms with E-state index in [-0.39, 0.29) is 0 Å². The molecule has 0 aliphatic rings. The molecule has 0 atom stereocenters. The number of rotatable bonds is 15. The first-order chi connectivity index (χ1) is 21.0. The lowest BCUT2D eigenvalue weighted by molar-refractivity contribution is 0.667. The lowest BCUT2D eigenvalue weighted by Crippen LogP contribution is -2.04. The van der Waals surface area contributed by atoms with Crippen LogP contribution in [0.4, 0.5) is 0 Å². The zero-order valence-corrected chi connectivity index (χ0v) is 28.7. The van der Waals surface area contributed by atoms with Crippen LogP contribution in [0, 0.1) is 13.5 Å². The monoisotopic (exact) mass is 623 g/mol. The van der Waals surface area contributed by atoms with Crippen LogP contribution in [-0.4, -0.2) is 4.40 Å². The van der Waals surface area contributed by atoms with Crippen molar-refractivity contribution in [1.29, 1.82) is 0 Å². The first-order valence-electron chi connectivity index (χ1n) is 16.9. The Kier molecular flexibility index (Phi) is 9.57. The van der Waals surface area contributed by atoms with Crippen LogP contribution in [0.5, 0.6) is 0 Å². The quantitative estimate of drug-likeness (QED) is 0.0485. The van der Waals surface area contributed by atoms with Gasteiger partial charge in [-0.05, 0) is 91.6 Å². The Bertz CT molecular complexity index is 1710. The third kappa shape index (κ3) is 5.69. The Labute approximate surface area is 272 Å². The standard InChI is InChI=1S/C39H45NS3/c1-4-7-10-13-16-25-19-28-34-29(20-25)38(42)31-22-27(18-15-12-9-6-3)24-33-36(31)40(34)35-30(37(28)41)21-26(17-14-11-8-5-2)23-32(35)39(33)43/h19-24H,4-18H2,1-3H3. The fourth-order valence-electron chi connectivity index (χ4n) is 7.32. The van der Waals surface area contributed by atoms with Gasteiger partial charge in [0.2, 0.25) is 0 Å². The van der Waals surface area contributed by atoms with Gasteiger partial charge in [-0.3, -0.25) is 0 Å². The highest BCUT2D eigenvalue weighted by molar-refractivity contribution is 7.72. The topological polar surface area (TPSA) is 4.41 Å². The fourth-order valence-corrected chi connectivity index (χ4v) is 8.25. The molecule has 0 N–H and O–H groups in total. The number of hydrogen-bond donors (Lipinski definition) is 0. The predicted octanol–water partition coefficient (Wildman–Crippen LogP) is 13.4. The third-order valence-electron chi connectivity index (χ3n) is 9.60. The van der Waals surface area contributed by atoms with E-state index < -0.39 is 0 Å². The Morgan fingerprint density at radius 1 is 0.395 bits per heavy atom. The molecule has 0 unspecified atom stereocenters. The van der Waals surface area contributed by atoms with Crippen LogP contribution in [0.2, 0.25) is 0 Å². The Balaban J connectivity index is 1.66. The molecule has 1 nitrogen and oxygen atoms in total. The molecule has 0 saturated carbocycles. The van der Waals surface area contributed by atoms with Crippen molar-refractivity contribution in [2.24, 2.45) is 0 Å². The van der Waals surface area contributed by atoms with E-state index in [4.69, 9.17) is 36.7 Å². The second-order valence-electron chi connectivity index (χ2n) is 12.9. The molecule has 6 rings (SSSR count). The van der Waals surface area contributed by atoms with Crippen LogP contribution in [0.15, 0.2) is 36.4 Å². The molecule has 4 heteroatoms. The minimum absolute atomic E-state index is 0.958. The number of pyridine rings is 3. The normalized spacial score (nSPS) is 12.3. The summed E-state index contributed by atoms with van der Waals surface area (Å²) in [6.07, 6.45) is 18.2. The molecule has 0 aliphatic carbocycles. The molecule has 0 amide bonds. The van der Waals surface area contributed by atoms with Gasteiger partial charge in [-0.2, -0.15) is 0 Å². The summed E-state index contributed by atoms with van der Waals surface area (Å²) in [6.45, 7) is 6.83. The van der Waals surface area contributed by atoms with Crippen molar-refractivity contribution in [2.75, 3.05) is 0 Å². The molecule has 0 fully saturated rings. The summed E-state index contributed by atoms with van der Waals surface area (Å²) in [4.78, 5) is 0. The molecule has 3 aromatic heterocycles. The molecule has 0 saturated heterocycles. The van der Waals surface area contributed by atoms with Gasteiger partial charge in [0.25, 0.3) is 0 Å².